The summed E-state index contributed by atoms with van der Waals surface area (Å²) < 4.78 is 12.7. The summed E-state index contributed by atoms with van der Waals surface area (Å²) in [7, 11) is 1.58. The zero-order valence-electron chi connectivity index (χ0n) is 14.6. The molecule has 3 rings (SSSR count). The highest BCUT2D eigenvalue weighted by atomic mass is 16.5. The number of nitrogens with one attached hydrogen (secondary N) is 2. The predicted molar refractivity (Wildman–Crippen MR) is 95.1 cm³/mol. The molecule has 1 aliphatic rings. The van der Waals surface area contributed by atoms with Crippen molar-refractivity contribution in [1.82, 2.24) is 15.1 Å². The van der Waals surface area contributed by atoms with Crippen molar-refractivity contribution in [2.45, 2.75) is 25.3 Å². The molecule has 2 N–H and O–H groups in total. The zero-order chi connectivity index (χ0) is 17.7. The van der Waals surface area contributed by atoms with Gasteiger partial charge >= 0.3 is 0 Å². The Bertz CT molecular complexity index is 709. The molecule has 134 valence electrons. The van der Waals surface area contributed by atoms with Gasteiger partial charge in [-0.1, -0.05) is 0 Å². The number of carbonyl (C=O) groups excluding carboxylic acids is 1. The number of hydrogen-bond donors (Lipinski definition) is 2. The molecular weight excluding hydrogens is 320 g/mol. The van der Waals surface area contributed by atoms with Crippen molar-refractivity contribution in [3.63, 3.8) is 0 Å². The quantitative estimate of drug-likeness (QED) is 0.838. The van der Waals surface area contributed by atoms with Crippen molar-refractivity contribution in [2.75, 3.05) is 32.1 Å². The number of nitrogens with zero attached hydrogens (tertiary/aromatic N) is 2. The molecule has 1 amide bonds. The summed E-state index contributed by atoms with van der Waals surface area (Å²) in [5, 5.41) is 10.7. The fourth-order valence-corrected chi connectivity index (χ4v) is 3.19. The molecule has 1 fully saturated rings. The smallest absolute Gasteiger partial charge is 0.252 e. The lowest BCUT2D eigenvalue weighted by molar-refractivity contribution is -0.126. The highest BCUT2D eigenvalue weighted by molar-refractivity contribution is 5.97. The van der Waals surface area contributed by atoms with Crippen molar-refractivity contribution >= 4 is 11.6 Å². The molecule has 2 aromatic rings. The fraction of sp³-hybridized carbons (Fsp3) is 0.444. The van der Waals surface area contributed by atoms with Gasteiger partial charge < -0.3 is 20.1 Å². The van der Waals surface area contributed by atoms with Crippen LogP contribution in [0.5, 0.6) is 11.5 Å². The number of rotatable bonds is 6. The van der Waals surface area contributed by atoms with Gasteiger partial charge in [0.25, 0.3) is 5.91 Å². The Hall–Kier alpha value is -2.54. The van der Waals surface area contributed by atoms with E-state index in [-0.39, 0.29) is 5.91 Å². The van der Waals surface area contributed by atoms with Gasteiger partial charge in [-0.05, 0) is 51.1 Å². The predicted octanol–water partition coefficient (Wildman–Crippen LogP) is 2.01. The molecule has 1 aromatic carbocycles. The summed E-state index contributed by atoms with van der Waals surface area (Å²) in [6.07, 6.45) is 4.93. The van der Waals surface area contributed by atoms with Gasteiger partial charge in [0, 0.05) is 24.1 Å². The number of piperidine rings is 1. The second kappa shape index (κ2) is 7.57. The number of benzene rings is 1. The molecule has 1 aromatic heterocycles. The van der Waals surface area contributed by atoms with Crippen LogP contribution in [0.25, 0.3) is 0 Å². The average Bonchev–Trinajstić information content (AvgIpc) is 3.19. The Labute approximate surface area is 147 Å². The van der Waals surface area contributed by atoms with Gasteiger partial charge in [0.05, 0.1) is 13.7 Å². The number of amides is 1. The minimum Gasteiger partial charge on any atom is -0.493 e. The lowest BCUT2D eigenvalue weighted by Crippen LogP contribution is -2.52. The van der Waals surface area contributed by atoms with Gasteiger partial charge in [0.1, 0.15) is 5.54 Å². The number of aromatic nitrogens is 2. The topological polar surface area (TPSA) is 77.4 Å². The second-order valence-corrected chi connectivity index (χ2v) is 5.98. The van der Waals surface area contributed by atoms with Crippen molar-refractivity contribution in [3.05, 3.63) is 36.7 Å². The summed E-state index contributed by atoms with van der Waals surface area (Å²) in [6.45, 7) is 4.03. The van der Waals surface area contributed by atoms with Gasteiger partial charge in [0.15, 0.2) is 11.5 Å². The molecule has 7 heteroatoms. The number of methoxy groups -OCH3 is 1. The van der Waals surface area contributed by atoms with Crippen LogP contribution in [0.1, 0.15) is 19.8 Å². The number of anilines is 1. The molecule has 0 spiro atoms. The molecule has 25 heavy (non-hydrogen) atoms. The molecule has 1 saturated heterocycles. The number of carbonyl (C=O) groups is 1. The minimum absolute atomic E-state index is 0.0658. The molecule has 7 nitrogen and oxygen atoms in total. The molecular formula is C18H24N4O3. The highest BCUT2D eigenvalue weighted by Crippen LogP contribution is 2.32. The summed E-state index contributed by atoms with van der Waals surface area (Å²) in [5.74, 6) is 1.19. The Morgan fingerprint density at radius 2 is 2.16 bits per heavy atom. The minimum atomic E-state index is -0.680. The van der Waals surface area contributed by atoms with Crippen molar-refractivity contribution in [3.8, 4) is 11.5 Å². The van der Waals surface area contributed by atoms with Crippen LogP contribution >= 0.6 is 0 Å². The SMILES string of the molecule is CCOc1ccc(NC(=O)C2(n3cccn3)CCNCC2)cc1OC. The summed E-state index contributed by atoms with van der Waals surface area (Å²) in [5.41, 5.74) is -0.00372. The molecule has 0 radical (unpaired) electrons. The molecule has 1 aliphatic heterocycles. The Morgan fingerprint density at radius 1 is 1.36 bits per heavy atom. The first kappa shape index (κ1) is 17.3. The van der Waals surface area contributed by atoms with E-state index in [1.807, 2.05) is 25.3 Å². The summed E-state index contributed by atoms with van der Waals surface area (Å²) in [6, 6.07) is 7.25. The van der Waals surface area contributed by atoms with Crippen LogP contribution in [0.15, 0.2) is 36.7 Å². The van der Waals surface area contributed by atoms with E-state index in [1.165, 1.54) is 0 Å². The maximum absolute atomic E-state index is 13.1. The van der Waals surface area contributed by atoms with Crippen LogP contribution in [0.2, 0.25) is 0 Å². The third kappa shape index (κ3) is 3.46. The van der Waals surface area contributed by atoms with Crippen molar-refractivity contribution in [2.24, 2.45) is 0 Å². The number of hydrogen-bond acceptors (Lipinski definition) is 5. The van der Waals surface area contributed by atoms with Gasteiger partial charge in [-0.2, -0.15) is 5.10 Å². The van der Waals surface area contributed by atoms with E-state index in [2.05, 4.69) is 15.7 Å². The van der Waals surface area contributed by atoms with Crippen LogP contribution in [0.3, 0.4) is 0 Å². The summed E-state index contributed by atoms with van der Waals surface area (Å²) in [4.78, 5) is 13.1. The normalized spacial score (nSPS) is 16.2. The molecule has 0 unspecified atom stereocenters. The Morgan fingerprint density at radius 3 is 2.80 bits per heavy atom. The van der Waals surface area contributed by atoms with Crippen LogP contribution in [0.4, 0.5) is 5.69 Å². The van der Waals surface area contributed by atoms with E-state index >= 15 is 0 Å². The van der Waals surface area contributed by atoms with E-state index in [0.717, 1.165) is 13.1 Å². The van der Waals surface area contributed by atoms with E-state index in [4.69, 9.17) is 9.47 Å². The third-order valence-corrected chi connectivity index (χ3v) is 4.52. The molecule has 0 atom stereocenters. The van der Waals surface area contributed by atoms with E-state index in [0.29, 0.717) is 36.6 Å². The largest absolute Gasteiger partial charge is 0.493 e. The molecule has 2 heterocycles. The van der Waals surface area contributed by atoms with Crippen molar-refractivity contribution in [1.29, 1.82) is 0 Å². The lowest BCUT2D eigenvalue weighted by atomic mass is 9.87. The first-order chi connectivity index (χ1) is 12.2. The maximum atomic E-state index is 13.1. The Kier molecular flexibility index (Phi) is 5.23. The van der Waals surface area contributed by atoms with Crippen LogP contribution < -0.4 is 20.1 Å². The molecule has 0 bridgehead atoms. The van der Waals surface area contributed by atoms with Crippen LogP contribution in [-0.4, -0.2) is 42.5 Å². The van der Waals surface area contributed by atoms with E-state index in [9.17, 15) is 4.79 Å². The monoisotopic (exact) mass is 344 g/mol. The second-order valence-electron chi connectivity index (χ2n) is 5.98. The van der Waals surface area contributed by atoms with Gasteiger partial charge in [0.2, 0.25) is 0 Å². The van der Waals surface area contributed by atoms with E-state index < -0.39 is 5.54 Å². The first-order valence-corrected chi connectivity index (χ1v) is 8.53. The van der Waals surface area contributed by atoms with Gasteiger partial charge in [-0.3, -0.25) is 9.48 Å². The van der Waals surface area contributed by atoms with E-state index in [1.54, 1.807) is 30.1 Å². The maximum Gasteiger partial charge on any atom is 0.252 e. The first-order valence-electron chi connectivity index (χ1n) is 8.53. The standard InChI is InChI=1S/C18H24N4O3/c1-3-25-15-6-5-14(13-16(15)24-2)21-17(23)18(7-10-19-11-8-18)22-12-4-9-20-22/h4-6,9,12-13,19H,3,7-8,10-11H2,1-2H3,(H,21,23). The third-order valence-electron chi connectivity index (χ3n) is 4.52. The van der Waals surface area contributed by atoms with Gasteiger partial charge in [-0.15, -0.1) is 0 Å². The van der Waals surface area contributed by atoms with Crippen LogP contribution in [0, 0.1) is 0 Å². The average molecular weight is 344 g/mol. The lowest BCUT2D eigenvalue weighted by Gasteiger charge is -2.36. The molecule has 0 aliphatic carbocycles. The fourth-order valence-electron chi connectivity index (χ4n) is 3.19. The molecule has 0 saturated carbocycles. The Balaban J connectivity index is 1.84. The highest BCUT2D eigenvalue weighted by Gasteiger charge is 2.42. The van der Waals surface area contributed by atoms with Gasteiger partial charge in [-0.25, -0.2) is 0 Å². The van der Waals surface area contributed by atoms with Crippen LogP contribution in [-0.2, 0) is 10.3 Å². The summed E-state index contributed by atoms with van der Waals surface area (Å²) >= 11 is 0. The number of ether oxygens (including phenoxy) is 2. The zero-order valence-corrected chi connectivity index (χ0v) is 14.6. The van der Waals surface area contributed by atoms with Crippen molar-refractivity contribution < 1.29 is 14.3 Å².